The van der Waals surface area contributed by atoms with Crippen molar-refractivity contribution in [1.29, 1.82) is 0 Å². The van der Waals surface area contributed by atoms with Gasteiger partial charge in [0.1, 0.15) is 10.9 Å². The molecule has 4 aliphatic rings. The number of fused-ring (bicyclic) bond motifs is 5. The van der Waals surface area contributed by atoms with Crippen LogP contribution in [-0.2, 0) is 9.53 Å². The highest BCUT2D eigenvalue weighted by Crippen LogP contribution is 2.67. The van der Waals surface area contributed by atoms with E-state index in [9.17, 15) is 4.79 Å². The summed E-state index contributed by atoms with van der Waals surface area (Å²) in [5.74, 6) is 5.19. The molecule has 3 fully saturated rings. The molecule has 0 aromatic heterocycles. The van der Waals surface area contributed by atoms with Crippen LogP contribution < -0.4 is 0 Å². The Kier molecular flexibility index (Phi) is 8.87. The number of hydrogen-bond acceptors (Lipinski definition) is 2. The molecule has 0 amide bonds. The SMILES string of the molecule is CCC[C@H](Br)C(=O)O[C@H]1CC[C@@]2(C)C(=CC[C@@H]3[C@H]4CC[C@@H]([C@@H](C)CCCC(C)C)[C@@]4(C)CC[C@H]32)C1. The molecule has 0 bridgehead atoms. The zero-order valence-corrected chi connectivity index (χ0v) is 25.2. The second kappa shape index (κ2) is 11.2. The van der Waals surface area contributed by atoms with E-state index in [0.29, 0.717) is 10.8 Å². The van der Waals surface area contributed by atoms with Crippen molar-refractivity contribution < 1.29 is 9.53 Å². The largest absolute Gasteiger partial charge is 0.461 e. The van der Waals surface area contributed by atoms with E-state index in [2.05, 4.69) is 63.5 Å². The van der Waals surface area contributed by atoms with Gasteiger partial charge < -0.3 is 4.74 Å². The number of esters is 1. The van der Waals surface area contributed by atoms with Gasteiger partial charge in [-0.2, -0.15) is 0 Å². The molecule has 3 heteroatoms. The van der Waals surface area contributed by atoms with E-state index in [4.69, 9.17) is 4.74 Å². The minimum atomic E-state index is -0.148. The second-order valence-corrected chi connectivity index (χ2v) is 15.0. The molecule has 2 nitrogen and oxygen atoms in total. The van der Waals surface area contributed by atoms with E-state index in [1.54, 1.807) is 5.57 Å². The van der Waals surface area contributed by atoms with Crippen molar-refractivity contribution in [3.8, 4) is 0 Å². The number of halogens is 1. The van der Waals surface area contributed by atoms with Crippen LogP contribution in [0.15, 0.2) is 11.6 Å². The minimum Gasteiger partial charge on any atom is -0.461 e. The molecule has 0 saturated heterocycles. The predicted octanol–water partition coefficient (Wildman–Crippen LogP) is 9.50. The number of alkyl halides is 1. The fraction of sp³-hybridized carbons (Fsp3) is 0.906. The summed E-state index contributed by atoms with van der Waals surface area (Å²) in [4.78, 5) is 12.4. The van der Waals surface area contributed by atoms with Gasteiger partial charge in [0.15, 0.2) is 0 Å². The van der Waals surface area contributed by atoms with Gasteiger partial charge in [0.05, 0.1) is 0 Å². The summed E-state index contributed by atoms with van der Waals surface area (Å²) in [7, 11) is 0. The van der Waals surface area contributed by atoms with Crippen molar-refractivity contribution in [3.63, 3.8) is 0 Å². The Morgan fingerprint density at radius 2 is 1.83 bits per heavy atom. The molecule has 4 aliphatic carbocycles. The molecule has 0 aromatic carbocycles. The van der Waals surface area contributed by atoms with Crippen LogP contribution in [0.3, 0.4) is 0 Å². The summed E-state index contributed by atoms with van der Waals surface area (Å²) in [5, 5.41) is 0. The third-order valence-corrected chi connectivity index (χ3v) is 12.2. The number of allylic oxidation sites excluding steroid dienone is 1. The van der Waals surface area contributed by atoms with Gasteiger partial charge in [-0.1, -0.05) is 94.8 Å². The Morgan fingerprint density at radius 3 is 2.54 bits per heavy atom. The molecule has 3 saturated carbocycles. The predicted molar refractivity (Wildman–Crippen MR) is 151 cm³/mol. The Morgan fingerprint density at radius 1 is 1.06 bits per heavy atom. The lowest BCUT2D eigenvalue weighted by Gasteiger charge is -2.58. The summed E-state index contributed by atoms with van der Waals surface area (Å²) < 4.78 is 5.98. The highest BCUT2D eigenvalue weighted by molar-refractivity contribution is 9.10. The number of hydrogen-bond donors (Lipinski definition) is 0. The first-order valence-electron chi connectivity index (χ1n) is 15.1. The van der Waals surface area contributed by atoms with Crippen molar-refractivity contribution >= 4 is 21.9 Å². The molecule has 0 spiro atoms. The van der Waals surface area contributed by atoms with Crippen LogP contribution in [0.2, 0.25) is 0 Å². The van der Waals surface area contributed by atoms with Crippen molar-refractivity contribution in [1.82, 2.24) is 0 Å². The van der Waals surface area contributed by atoms with E-state index in [0.717, 1.165) is 61.2 Å². The minimum absolute atomic E-state index is 0.0531. The fourth-order valence-corrected chi connectivity index (χ4v) is 9.93. The highest BCUT2D eigenvalue weighted by atomic mass is 79.9. The lowest BCUT2D eigenvalue weighted by molar-refractivity contribution is -0.150. The lowest BCUT2D eigenvalue weighted by atomic mass is 9.47. The first-order chi connectivity index (χ1) is 16.6. The first kappa shape index (κ1) is 27.7. The van der Waals surface area contributed by atoms with Crippen LogP contribution in [0, 0.1) is 46.3 Å². The molecular formula is C32H53BrO2. The van der Waals surface area contributed by atoms with Gasteiger partial charge in [-0.25, -0.2) is 0 Å². The van der Waals surface area contributed by atoms with Gasteiger partial charge in [-0.15, -0.1) is 0 Å². The van der Waals surface area contributed by atoms with Crippen molar-refractivity contribution in [3.05, 3.63) is 11.6 Å². The summed E-state index contributed by atoms with van der Waals surface area (Å²) >= 11 is 3.53. The molecule has 0 N–H and O–H groups in total. The zero-order valence-electron chi connectivity index (χ0n) is 23.6. The topological polar surface area (TPSA) is 26.3 Å². The summed E-state index contributed by atoms with van der Waals surface area (Å²) in [6.45, 7) is 14.7. The van der Waals surface area contributed by atoms with Crippen molar-refractivity contribution in [2.45, 2.75) is 136 Å². The molecule has 0 aromatic rings. The van der Waals surface area contributed by atoms with Gasteiger partial charge in [-0.05, 0) is 97.7 Å². The Balaban J connectivity index is 1.42. The monoisotopic (exact) mass is 548 g/mol. The van der Waals surface area contributed by atoms with Crippen LogP contribution in [0.1, 0.15) is 125 Å². The normalized spacial score (nSPS) is 40.3. The van der Waals surface area contributed by atoms with Crippen molar-refractivity contribution in [2.24, 2.45) is 46.3 Å². The number of carbonyl (C=O) groups is 1. The van der Waals surface area contributed by atoms with E-state index in [1.807, 2.05) is 0 Å². The third-order valence-electron chi connectivity index (χ3n) is 11.3. The van der Waals surface area contributed by atoms with Gasteiger partial charge in [-0.3, -0.25) is 4.79 Å². The quantitative estimate of drug-likeness (QED) is 0.163. The maximum atomic E-state index is 12.5. The first-order valence-corrected chi connectivity index (χ1v) is 16.1. The molecule has 200 valence electrons. The Labute approximate surface area is 224 Å². The van der Waals surface area contributed by atoms with Gasteiger partial charge >= 0.3 is 5.97 Å². The highest BCUT2D eigenvalue weighted by Gasteiger charge is 2.59. The van der Waals surface area contributed by atoms with E-state index < -0.39 is 0 Å². The summed E-state index contributed by atoms with van der Waals surface area (Å²) in [6.07, 6.45) is 19.0. The molecule has 4 rings (SSSR count). The zero-order chi connectivity index (χ0) is 25.4. The maximum absolute atomic E-state index is 12.5. The molecule has 9 atom stereocenters. The number of carbonyl (C=O) groups excluding carboxylic acids is 1. The Hall–Kier alpha value is -0.310. The van der Waals surface area contributed by atoms with Crippen LogP contribution in [0.25, 0.3) is 0 Å². The van der Waals surface area contributed by atoms with Gasteiger partial charge in [0.25, 0.3) is 0 Å². The summed E-state index contributed by atoms with van der Waals surface area (Å²) in [6, 6.07) is 0. The van der Waals surface area contributed by atoms with Crippen LogP contribution >= 0.6 is 15.9 Å². The standard InChI is InChI=1S/C32H53BrO2/c1-7-9-29(33)30(34)35-24-16-18-31(5)23(20-24)12-13-25-27-15-14-26(22(4)11-8-10-21(2)3)32(27,6)19-17-28(25)31/h12,21-22,24-29H,7-11,13-20H2,1-6H3/t22-,24-,25+,26-,27+,28+,29-,31-,32+/m0/s1. The summed E-state index contributed by atoms with van der Waals surface area (Å²) in [5.41, 5.74) is 2.49. The van der Waals surface area contributed by atoms with Crippen LogP contribution in [-0.4, -0.2) is 16.9 Å². The van der Waals surface area contributed by atoms with E-state index in [1.165, 1.54) is 57.8 Å². The van der Waals surface area contributed by atoms with Crippen LogP contribution in [0.4, 0.5) is 0 Å². The molecule has 0 unspecified atom stereocenters. The number of rotatable bonds is 9. The maximum Gasteiger partial charge on any atom is 0.320 e. The average Bonchev–Trinajstić information content (AvgIpc) is 3.16. The smallest absolute Gasteiger partial charge is 0.320 e. The number of ether oxygens (including phenoxy) is 1. The molecule has 0 heterocycles. The van der Waals surface area contributed by atoms with Crippen molar-refractivity contribution in [2.75, 3.05) is 0 Å². The molecule has 35 heavy (non-hydrogen) atoms. The van der Waals surface area contributed by atoms with Crippen LogP contribution in [0.5, 0.6) is 0 Å². The lowest BCUT2D eigenvalue weighted by Crippen LogP contribution is -2.51. The average molecular weight is 550 g/mol. The van der Waals surface area contributed by atoms with Gasteiger partial charge in [0, 0.05) is 6.42 Å². The third kappa shape index (κ3) is 5.46. The molecule has 0 radical (unpaired) electrons. The Bertz CT molecular complexity index is 774. The molecule has 0 aliphatic heterocycles. The van der Waals surface area contributed by atoms with E-state index >= 15 is 0 Å². The molecular weight excluding hydrogens is 496 g/mol. The second-order valence-electron chi connectivity index (χ2n) is 13.8. The fourth-order valence-electron chi connectivity index (χ4n) is 9.36. The van der Waals surface area contributed by atoms with E-state index in [-0.39, 0.29) is 16.9 Å². The van der Waals surface area contributed by atoms with Gasteiger partial charge in [0.2, 0.25) is 0 Å².